The largest absolute Gasteiger partial charge is 0.384 e. The van der Waals surface area contributed by atoms with Gasteiger partial charge in [-0.15, -0.1) is 0 Å². The van der Waals surface area contributed by atoms with Gasteiger partial charge < -0.3 is 11.1 Å². The zero-order valence-corrected chi connectivity index (χ0v) is 13.9. The molecule has 0 unspecified atom stereocenters. The molecular weight excluding hydrogens is 340 g/mol. The van der Waals surface area contributed by atoms with Gasteiger partial charge in [0.2, 0.25) is 0 Å². The summed E-state index contributed by atoms with van der Waals surface area (Å²) in [5.41, 5.74) is 6.51. The SMILES string of the molecule is CC(C)(C)c1nc(N)cc(Nc2cccc(Cl)c2Br)n1. The molecule has 4 nitrogen and oxygen atoms in total. The molecule has 2 aromatic rings. The molecule has 0 saturated heterocycles. The fourth-order valence-corrected chi connectivity index (χ4v) is 2.14. The first-order chi connectivity index (χ1) is 9.27. The number of halogens is 2. The molecule has 1 aromatic carbocycles. The van der Waals surface area contributed by atoms with Gasteiger partial charge in [-0.05, 0) is 28.1 Å². The maximum absolute atomic E-state index is 6.07. The Labute approximate surface area is 131 Å². The first-order valence-corrected chi connectivity index (χ1v) is 7.30. The molecule has 0 bridgehead atoms. The number of nitrogens with one attached hydrogen (secondary N) is 1. The lowest BCUT2D eigenvalue weighted by molar-refractivity contribution is 0.547. The van der Waals surface area contributed by atoms with Crippen molar-refractivity contribution in [2.45, 2.75) is 26.2 Å². The second kappa shape index (κ2) is 5.58. The van der Waals surface area contributed by atoms with Crippen LogP contribution in [-0.2, 0) is 5.41 Å². The number of benzene rings is 1. The molecule has 2 rings (SSSR count). The molecule has 1 heterocycles. The molecule has 0 aliphatic rings. The van der Waals surface area contributed by atoms with E-state index < -0.39 is 0 Å². The van der Waals surface area contributed by atoms with Gasteiger partial charge in [-0.2, -0.15) is 0 Å². The molecule has 1 aromatic heterocycles. The molecule has 0 aliphatic heterocycles. The summed E-state index contributed by atoms with van der Waals surface area (Å²) in [6.07, 6.45) is 0. The van der Waals surface area contributed by atoms with Crippen LogP contribution in [0.3, 0.4) is 0 Å². The topological polar surface area (TPSA) is 63.8 Å². The summed E-state index contributed by atoms with van der Waals surface area (Å²) in [6.45, 7) is 6.13. The number of nitrogen functional groups attached to an aromatic ring is 1. The summed E-state index contributed by atoms with van der Waals surface area (Å²) >= 11 is 9.52. The number of hydrogen-bond donors (Lipinski definition) is 2. The monoisotopic (exact) mass is 354 g/mol. The second-order valence-electron chi connectivity index (χ2n) is 5.48. The minimum absolute atomic E-state index is 0.169. The summed E-state index contributed by atoms with van der Waals surface area (Å²) in [5.74, 6) is 1.77. The van der Waals surface area contributed by atoms with E-state index in [0.717, 1.165) is 10.2 Å². The predicted molar refractivity (Wildman–Crippen MR) is 87.6 cm³/mol. The Morgan fingerprint density at radius 2 is 1.95 bits per heavy atom. The Morgan fingerprint density at radius 3 is 2.60 bits per heavy atom. The molecule has 0 amide bonds. The maximum atomic E-state index is 6.07. The molecule has 106 valence electrons. The van der Waals surface area contributed by atoms with Crippen LogP contribution in [0, 0.1) is 0 Å². The van der Waals surface area contributed by atoms with Crippen molar-refractivity contribution < 1.29 is 0 Å². The van der Waals surface area contributed by atoms with Crippen LogP contribution in [0.15, 0.2) is 28.7 Å². The van der Waals surface area contributed by atoms with E-state index in [1.54, 1.807) is 6.07 Å². The maximum Gasteiger partial charge on any atom is 0.138 e. The van der Waals surface area contributed by atoms with E-state index >= 15 is 0 Å². The Kier molecular flexibility index (Phi) is 4.20. The van der Waals surface area contributed by atoms with Crippen molar-refractivity contribution >= 4 is 44.9 Å². The lowest BCUT2D eigenvalue weighted by Crippen LogP contribution is -2.17. The van der Waals surface area contributed by atoms with E-state index in [1.807, 2.05) is 39.0 Å². The number of nitrogens with two attached hydrogens (primary N) is 1. The molecular formula is C14H16BrClN4. The standard InChI is InChI=1S/C14H16BrClN4/c1-14(2,3)13-19-10(17)7-11(20-13)18-9-6-4-5-8(16)12(9)15/h4-7H,1-3H3,(H3,17,18,19,20). The Bertz CT molecular complexity index is 638. The molecule has 0 aliphatic carbocycles. The van der Waals surface area contributed by atoms with E-state index in [0.29, 0.717) is 22.5 Å². The molecule has 20 heavy (non-hydrogen) atoms. The lowest BCUT2D eigenvalue weighted by Gasteiger charge is -2.18. The number of nitrogens with zero attached hydrogens (tertiary/aromatic N) is 2. The van der Waals surface area contributed by atoms with Crippen LogP contribution in [0.4, 0.5) is 17.3 Å². The van der Waals surface area contributed by atoms with E-state index in [9.17, 15) is 0 Å². The zero-order valence-electron chi connectivity index (χ0n) is 11.5. The van der Waals surface area contributed by atoms with Crippen LogP contribution in [0.2, 0.25) is 5.02 Å². The highest BCUT2D eigenvalue weighted by Gasteiger charge is 2.19. The van der Waals surface area contributed by atoms with Crippen LogP contribution in [0.5, 0.6) is 0 Å². The third kappa shape index (κ3) is 3.41. The molecule has 0 atom stereocenters. The third-order valence-electron chi connectivity index (χ3n) is 2.63. The van der Waals surface area contributed by atoms with Gasteiger partial charge in [0, 0.05) is 11.5 Å². The number of rotatable bonds is 2. The predicted octanol–water partition coefficient (Wildman–Crippen LogP) is 4.52. The zero-order chi connectivity index (χ0) is 14.9. The summed E-state index contributed by atoms with van der Waals surface area (Å²) in [6, 6.07) is 7.28. The summed E-state index contributed by atoms with van der Waals surface area (Å²) in [5, 5.41) is 3.84. The van der Waals surface area contributed by atoms with Crippen molar-refractivity contribution in [2.24, 2.45) is 0 Å². The Hall–Kier alpha value is -1.33. The smallest absolute Gasteiger partial charge is 0.138 e. The van der Waals surface area contributed by atoms with Crippen LogP contribution < -0.4 is 11.1 Å². The van der Waals surface area contributed by atoms with E-state index in [1.165, 1.54) is 0 Å². The molecule has 0 saturated carbocycles. The van der Waals surface area contributed by atoms with Crippen molar-refractivity contribution in [3.63, 3.8) is 0 Å². The third-order valence-corrected chi connectivity index (χ3v) is 4.03. The van der Waals surface area contributed by atoms with Gasteiger partial charge in [0.15, 0.2) is 0 Å². The van der Waals surface area contributed by atoms with Gasteiger partial charge in [0.1, 0.15) is 17.5 Å². The van der Waals surface area contributed by atoms with Crippen LogP contribution in [0.25, 0.3) is 0 Å². The van der Waals surface area contributed by atoms with E-state index in [4.69, 9.17) is 17.3 Å². The van der Waals surface area contributed by atoms with Gasteiger partial charge >= 0.3 is 0 Å². The van der Waals surface area contributed by atoms with Crippen molar-refractivity contribution in [3.05, 3.63) is 39.6 Å². The van der Waals surface area contributed by atoms with Crippen LogP contribution >= 0.6 is 27.5 Å². The number of aromatic nitrogens is 2. The van der Waals surface area contributed by atoms with Crippen molar-refractivity contribution in [1.82, 2.24) is 9.97 Å². The Morgan fingerprint density at radius 1 is 1.25 bits per heavy atom. The lowest BCUT2D eigenvalue weighted by atomic mass is 9.96. The van der Waals surface area contributed by atoms with Crippen LogP contribution in [0.1, 0.15) is 26.6 Å². The van der Waals surface area contributed by atoms with E-state index in [2.05, 4.69) is 31.2 Å². The van der Waals surface area contributed by atoms with Gasteiger partial charge in [-0.3, -0.25) is 0 Å². The van der Waals surface area contributed by atoms with Gasteiger partial charge in [-0.25, -0.2) is 9.97 Å². The first kappa shape index (κ1) is 15.1. The van der Waals surface area contributed by atoms with Gasteiger partial charge in [0.25, 0.3) is 0 Å². The second-order valence-corrected chi connectivity index (χ2v) is 6.68. The average Bonchev–Trinajstić information content (AvgIpc) is 2.33. The highest BCUT2D eigenvalue weighted by atomic mass is 79.9. The highest BCUT2D eigenvalue weighted by molar-refractivity contribution is 9.10. The highest BCUT2D eigenvalue weighted by Crippen LogP contribution is 2.32. The Balaban J connectivity index is 2.39. The van der Waals surface area contributed by atoms with Crippen molar-refractivity contribution in [2.75, 3.05) is 11.1 Å². The normalized spacial score (nSPS) is 11.4. The van der Waals surface area contributed by atoms with Gasteiger partial charge in [-0.1, -0.05) is 38.4 Å². The van der Waals surface area contributed by atoms with E-state index in [-0.39, 0.29) is 5.41 Å². The molecule has 3 N–H and O–H groups in total. The number of hydrogen-bond acceptors (Lipinski definition) is 4. The van der Waals surface area contributed by atoms with Gasteiger partial charge in [0.05, 0.1) is 15.2 Å². The quantitative estimate of drug-likeness (QED) is 0.831. The summed E-state index contributed by atoms with van der Waals surface area (Å²) in [7, 11) is 0. The molecule has 0 fully saturated rings. The minimum atomic E-state index is -0.169. The average molecular weight is 356 g/mol. The minimum Gasteiger partial charge on any atom is -0.384 e. The first-order valence-electron chi connectivity index (χ1n) is 6.13. The molecule has 0 spiro atoms. The van der Waals surface area contributed by atoms with Crippen molar-refractivity contribution in [1.29, 1.82) is 0 Å². The summed E-state index contributed by atoms with van der Waals surface area (Å²) in [4.78, 5) is 8.78. The van der Waals surface area contributed by atoms with Crippen LogP contribution in [-0.4, -0.2) is 9.97 Å². The molecule has 0 radical (unpaired) electrons. The number of anilines is 3. The van der Waals surface area contributed by atoms with Crippen molar-refractivity contribution in [3.8, 4) is 0 Å². The fourth-order valence-electron chi connectivity index (χ4n) is 1.60. The molecule has 6 heteroatoms. The summed E-state index contributed by atoms with van der Waals surface area (Å²) < 4.78 is 0.788. The fraction of sp³-hybridized carbons (Fsp3) is 0.286.